The number of carbonyl (C=O) groups is 2. The fraction of sp³-hybridized carbons (Fsp3) is 0.250. The smallest absolute Gasteiger partial charge is 0.339 e. The van der Waals surface area contributed by atoms with E-state index >= 15 is 0 Å². The van der Waals surface area contributed by atoms with Crippen LogP contribution in [0.2, 0.25) is 0 Å². The van der Waals surface area contributed by atoms with Crippen LogP contribution in [0.5, 0.6) is 0 Å². The summed E-state index contributed by atoms with van der Waals surface area (Å²) in [6, 6.07) is 1.23. The molecule has 0 atom stereocenters. The molecule has 70 valence electrons. The zero-order chi connectivity index (χ0) is 10.0. The first-order chi connectivity index (χ1) is 6.00. The molecule has 0 saturated carbocycles. The molecule has 0 amide bonds. The van der Waals surface area contributed by atoms with Gasteiger partial charge >= 0.3 is 11.9 Å². The van der Waals surface area contributed by atoms with Crippen molar-refractivity contribution >= 4 is 11.9 Å². The third kappa shape index (κ3) is 2.08. The van der Waals surface area contributed by atoms with Crippen LogP contribution < -0.4 is 0 Å². The number of aryl methyl sites for hydroxylation is 1. The maximum absolute atomic E-state index is 10.5. The van der Waals surface area contributed by atoms with E-state index in [9.17, 15) is 9.59 Å². The molecule has 0 aliphatic rings. The molecule has 0 unspecified atom stereocenters. The summed E-state index contributed by atoms with van der Waals surface area (Å²) in [5.41, 5.74) is 0.0104. The molecule has 0 saturated heterocycles. The Morgan fingerprint density at radius 2 is 2.08 bits per heavy atom. The van der Waals surface area contributed by atoms with E-state index in [2.05, 4.69) is 0 Å². The van der Waals surface area contributed by atoms with Gasteiger partial charge in [-0.2, -0.15) is 0 Å². The van der Waals surface area contributed by atoms with Crippen LogP contribution in [0.1, 0.15) is 21.9 Å². The molecule has 13 heavy (non-hydrogen) atoms. The van der Waals surface area contributed by atoms with Gasteiger partial charge in [-0.3, -0.25) is 4.79 Å². The van der Waals surface area contributed by atoms with Crippen molar-refractivity contribution in [2.24, 2.45) is 0 Å². The molecule has 1 heterocycles. The fourth-order valence-electron chi connectivity index (χ4n) is 0.992. The van der Waals surface area contributed by atoms with E-state index in [0.717, 1.165) is 0 Å². The second kappa shape index (κ2) is 3.30. The third-order valence-electron chi connectivity index (χ3n) is 1.52. The molecule has 0 fully saturated rings. The van der Waals surface area contributed by atoms with Crippen molar-refractivity contribution in [3.05, 3.63) is 23.2 Å². The Kier molecular flexibility index (Phi) is 2.36. The topological polar surface area (TPSA) is 87.7 Å². The molecule has 2 N–H and O–H groups in total. The highest BCUT2D eigenvalue weighted by Crippen LogP contribution is 2.14. The lowest BCUT2D eigenvalue weighted by atomic mass is 10.2. The monoisotopic (exact) mass is 184 g/mol. The molecule has 1 aromatic rings. The minimum Gasteiger partial charge on any atom is -0.481 e. The summed E-state index contributed by atoms with van der Waals surface area (Å²) in [5.74, 6) is -1.78. The highest BCUT2D eigenvalue weighted by atomic mass is 16.4. The summed E-state index contributed by atoms with van der Waals surface area (Å²) in [7, 11) is 0. The van der Waals surface area contributed by atoms with Crippen molar-refractivity contribution in [3.63, 3.8) is 0 Å². The van der Waals surface area contributed by atoms with E-state index in [4.69, 9.17) is 14.6 Å². The van der Waals surface area contributed by atoms with Gasteiger partial charge < -0.3 is 14.6 Å². The maximum Gasteiger partial charge on any atom is 0.339 e. The number of rotatable bonds is 3. The Morgan fingerprint density at radius 3 is 2.46 bits per heavy atom. The molecule has 0 spiro atoms. The van der Waals surface area contributed by atoms with E-state index < -0.39 is 11.9 Å². The van der Waals surface area contributed by atoms with E-state index in [1.54, 1.807) is 0 Å². The predicted molar refractivity (Wildman–Crippen MR) is 41.7 cm³/mol. The molecule has 0 aromatic carbocycles. The number of hydrogen-bond donors (Lipinski definition) is 2. The summed E-state index contributed by atoms with van der Waals surface area (Å²) in [6.45, 7) is 1.48. The lowest BCUT2D eigenvalue weighted by Crippen LogP contribution is -1.98. The first-order valence-electron chi connectivity index (χ1n) is 3.55. The van der Waals surface area contributed by atoms with Gasteiger partial charge in [-0.1, -0.05) is 0 Å². The van der Waals surface area contributed by atoms with Gasteiger partial charge in [0.05, 0.1) is 0 Å². The normalized spacial score (nSPS) is 9.92. The SMILES string of the molecule is Cc1oc(CC(=O)O)cc1C(=O)O. The van der Waals surface area contributed by atoms with Crippen molar-refractivity contribution < 1.29 is 24.2 Å². The van der Waals surface area contributed by atoms with Crippen LogP contribution in [0.25, 0.3) is 0 Å². The van der Waals surface area contributed by atoms with E-state index in [0.29, 0.717) is 0 Å². The molecule has 5 nitrogen and oxygen atoms in total. The van der Waals surface area contributed by atoms with Crippen molar-refractivity contribution in [1.82, 2.24) is 0 Å². The van der Waals surface area contributed by atoms with Gasteiger partial charge in [-0.15, -0.1) is 0 Å². The Morgan fingerprint density at radius 1 is 1.46 bits per heavy atom. The van der Waals surface area contributed by atoms with Crippen LogP contribution in [0.15, 0.2) is 10.5 Å². The number of aromatic carboxylic acids is 1. The first kappa shape index (κ1) is 9.31. The largest absolute Gasteiger partial charge is 0.481 e. The van der Waals surface area contributed by atoms with Gasteiger partial charge in [0.2, 0.25) is 0 Å². The number of carboxylic acids is 2. The Bertz CT molecular complexity index is 349. The molecule has 1 aromatic heterocycles. The molecule has 1 rings (SSSR count). The Hall–Kier alpha value is -1.78. The zero-order valence-corrected chi connectivity index (χ0v) is 6.90. The number of carboxylic acid groups (broad SMARTS) is 2. The van der Waals surface area contributed by atoms with Crippen LogP contribution in [0.3, 0.4) is 0 Å². The van der Waals surface area contributed by atoms with Crippen LogP contribution in [-0.2, 0) is 11.2 Å². The van der Waals surface area contributed by atoms with Gasteiger partial charge in [0.15, 0.2) is 0 Å². The van der Waals surface area contributed by atoms with E-state index in [1.165, 1.54) is 13.0 Å². The van der Waals surface area contributed by atoms with Gasteiger partial charge in [-0.05, 0) is 13.0 Å². The summed E-state index contributed by atoms with van der Waals surface area (Å²) in [4.78, 5) is 20.8. The Balaban J connectivity index is 2.95. The summed E-state index contributed by atoms with van der Waals surface area (Å²) in [6.07, 6.45) is -0.298. The number of aliphatic carboxylic acids is 1. The molecule has 0 aliphatic carbocycles. The van der Waals surface area contributed by atoms with E-state index in [-0.39, 0.29) is 23.5 Å². The molecule has 0 aliphatic heterocycles. The van der Waals surface area contributed by atoms with Crippen LogP contribution in [0, 0.1) is 6.92 Å². The fourth-order valence-corrected chi connectivity index (χ4v) is 0.992. The lowest BCUT2D eigenvalue weighted by molar-refractivity contribution is -0.136. The van der Waals surface area contributed by atoms with Gasteiger partial charge in [0.25, 0.3) is 0 Å². The van der Waals surface area contributed by atoms with Gasteiger partial charge in [-0.25, -0.2) is 4.79 Å². The van der Waals surface area contributed by atoms with Gasteiger partial charge in [0.1, 0.15) is 23.5 Å². The highest BCUT2D eigenvalue weighted by Gasteiger charge is 2.14. The standard InChI is InChI=1S/C8H8O5/c1-4-6(8(11)12)2-5(13-4)3-7(9)10/h2H,3H2,1H3,(H,9,10)(H,11,12). The molecule has 0 radical (unpaired) electrons. The van der Waals surface area contributed by atoms with Crippen molar-refractivity contribution in [3.8, 4) is 0 Å². The molecule has 5 heteroatoms. The zero-order valence-electron chi connectivity index (χ0n) is 6.90. The van der Waals surface area contributed by atoms with Crippen molar-refractivity contribution in [1.29, 1.82) is 0 Å². The average Bonchev–Trinajstić information content (AvgIpc) is 2.29. The van der Waals surface area contributed by atoms with Crippen molar-refractivity contribution in [2.45, 2.75) is 13.3 Å². The summed E-state index contributed by atoms with van der Waals surface area (Å²) < 4.78 is 4.93. The van der Waals surface area contributed by atoms with Crippen LogP contribution in [0.4, 0.5) is 0 Å². The average molecular weight is 184 g/mol. The molecular formula is C8H8O5. The molecule has 0 bridgehead atoms. The minimum atomic E-state index is -1.11. The minimum absolute atomic E-state index is 0.0104. The quantitative estimate of drug-likeness (QED) is 0.728. The van der Waals surface area contributed by atoms with Crippen LogP contribution >= 0.6 is 0 Å². The van der Waals surface area contributed by atoms with Crippen molar-refractivity contribution in [2.75, 3.05) is 0 Å². The second-order valence-corrected chi connectivity index (χ2v) is 2.56. The number of hydrogen-bond acceptors (Lipinski definition) is 3. The summed E-state index contributed by atoms with van der Waals surface area (Å²) in [5, 5.41) is 17.0. The molecular weight excluding hydrogens is 176 g/mol. The maximum atomic E-state index is 10.5. The third-order valence-corrected chi connectivity index (χ3v) is 1.52. The predicted octanol–water partition coefficient (Wildman–Crippen LogP) is 0.913. The van der Waals surface area contributed by atoms with Crippen LogP contribution in [-0.4, -0.2) is 22.2 Å². The number of furan rings is 1. The lowest BCUT2D eigenvalue weighted by Gasteiger charge is -1.87. The highest BCUT2D eigenvalue weighted by molar-refractivity contribution is 5.89. The Labute approximate surface area is 73.6 Å². The summed E-state index contributed by atoms with van der Waals surface area (Å²) >= 11 is 0. The first-order valence-corrected chi connectivity index (χ1v) is 3.55. The van der Waals surface area contributed by atoms with E-state index in [1.807, 2.05) is 0 Å². The second-order valence-electron chi connectivity index (χ2n) is 2.56. The van der Waals surface area contributed by atoms with Gasteiger partial charge in [0, 0.05) is 0 Å².